The molecule has 0 aliphatic rings. The van der Waals surface area contributed by atoms with Crippen LogP contribution in [-0.4, -0.2) is 15.9 Å². The number of urea groups is 1. The summed E-state index contributed by atoms with van der Waals surface area (Å²) in [6, 6.07) is 6.70. The van der Waals surface area contributed by atoms with E-state index in [-0.39, 0.29) is 33.2 Å². The Balaban J connectivity index is 1.89. The van der Waals surface area contributed by atoms with E-state index in [2.05, 4.69) is 21.2 Å². The summed E-state index contributed by atoms with van der Waals surface area (Å²) in [4.78, 5) is 25.8. The smallest absolute Gasteiger partial charge is 0.333 e. The van der Waals surface area contributed by atoms with Gasteiger partial charge in [0.1, 0.15) is 5.15 Å². The quantitative estimate of drug-likeness (QED) is 0.409. The van der Waals surface area contributed by atoms with Gasteiger partial charge in [0.05, 0.1) is 15.0 Å². The third-order valence-corrected chi connectivity index (χ3v) is 3.72. The highest BCUT2D eigenvalue weighted by Gasteiger charge is 2.09. The van der Waals surface area contributed by atoms with Crippen LogP contribution in [0.5, 0.6) is 0 Å². The molecule has 0 aliphatic heterocycles. The second-order valence-corrected chi connectivity index (χ2v) is 5.62. The number of benzene rings is 1. The van der Waals surface area contributed by atoms with Crippen LogP contribution >= 0.6 is 34.8 Å². The topological polar surface area (TPSA) is 109 Å². The van der Waals surface area contributed by atoms with E-state index in [9.17, 15) is 14.9 Å². The Kier molecular flexibility index (Phi) is 6.02. The Morgan fingerprint density at radius 1 is 1.21 bits per heavy atom. The Morgan fingerprint density at radius 3 is 2.67 bits per heavy atom. The molecule has 2 rings (SSSR count). The number of nitrogens with zero attached hydrogens (tertiary/aromatic N) is 2. The summed E-state index contributed by atoms with van der Waals surface area (Å²) < 4.78 is 0. The van der Waals surface area contributed by atoms with Crippen LogP contribution in [0.15, 0.2) is 30.3 Å². The van der Waals surface area contributed by atoms with Gasteiger partial charge in [-0.1, -0.05) is 46.9 Å². The summed E-state index contributed by atoms with van der Waals surface area (Å²) in [6.45, 7) is 0.0950. The lowest BCUT2D eigenvalue weighted by Crippen LogP contribution is -2.38. The van der Waals surface area contributed by atoms with Crippen molar-refractivity contribution < 1.29 is 9.72 Å². The highest BCUT2D eigenvalue weighted by atomic mass is 35.5. The zero-order valence-corrected chi connectivity index (χ0v) is 14.1. The van der Waals surface area contributed by atoms with Crippen molar-refractivity contribution in [1.82, 2.24) is 15.7 Å². The molecule has 0 saturated carbocycles. The maximum Gasteiger partial charge on any atom is 0.333 e. The summed E-state index contributed by atoms with van der Waals surface area (Å²) in [5.41, 5.74) is 5.32. The number of anilines is 1. The van der Waals surface area contributed by atoms with Gasteiger partial charge >= 0.3 is 6.03 Å². The van der Waals surface area contributed by atoms with E-state index < -0.39 is 11.0 Å². The number of nitro groups is 1. The van der Waals surface area contributed by atoms with E-state index >= 15 is 0 Å². The normalized spacial score (nSPS) is 10.1. The van der Waals surface area contributed by atoms with Gasteiger partial charge in [-0.2, -0.15) is 0 Å². The molecule has 2 aromatic rings. The molecule has 0 atom stereocenters. The number of non-ortho nitro benzene ring substituents is 1. The summed E-state index contributed by atoms with van der Waals surface area (Å²) in [5, 5.41) is 13.6. The number of nitrogens with one attached hydrogen (secondary N) is 3. The second kappa shape index (κ2) is 8.00. The lowest BCUT2D eigenvalue weighted by molar-refractivity contribution is -0.384. The fraction of sp³-hybridized carbons (Fsp3) is 0.0769. The monoisotopic (exact) mass is 389 g/mol. The molecule has 126 valence electrons. The molecule has 2 amide bonds. The number of nitro benzene ring substituents is 1. The fourth-order valence-electron chi connectivity index (χ4n) is 1.65. The first-order chi connectivity index (χ1) is 11.4. The van der Waals surface area contributed by atoms with E-state index in [4.69, 9.17) is 34.8 Å². The number of carbonyl (C=O) groups is 1. The van der Waals surface area contributed by atoms with E-state index in [1.165, 1.54) is 24.3 Å². The summed E-state index contributed by atoms with van der Waals surface area (Å²) >= 11 is 17.4. The Labute approximate surface area is 151 Å². The lowest BCUT2D eigenvalue weighted by atomic mass is 10.2. The largest absolute Gasteiger partial charge is 0.333 e. The van der Waals surface area contributed by atoms with Crippen molar-refractivity contribution in [3.63, 3.8) is 0 Å². The van der Waals surface area contributed by atoms with Crippen LogP contribution < -0.4 is 16.2 Å². The minimum atomic E-state index is -0.592. The van der Waals surface area contributed by atoms with E-state index in [1.807, 2.05) is 0 Å². The van der Waals surface area contributed by atoms with Crippen LogP contribution in [0.4, 0.5) is 16.3 Å². The van der Waals surface area contributed by atoms with Gasteiger partial charge in [-0.25, -0.2) is 9.78 Å². The molecule has 0 radical (unpaired) electrons. The van der Waals surface area contributed by atoms with Gasteiger partial charge in [-0.05, 0) is 11.6 Å². The highest BCUT2D eigenvalue weighted by Crippen LogP contribution is 2.28. The van der Waals surface area contributed by atoms with Crippen molar-refractivity contribution in [2.24, 2.45) is 0 Å². The van der Waals surface area contributed by atoms with E-state index in [0.717, 1.165) is 0 Å². The first-order valence-corrected chi connectivity index (χ1v) is 7.55. The Hall–Kier alpha value is -2.29. The van der Waals surface area contributed by atoms with Gasteiger partial charge < -0.3 is 5.32 Å². The third-order valence-electron chi connectivity index (χ3n) is 2.76. The maximum absolute atomic E-state index is 11.7. The molecule has 0 unspecified atom stereocenters. The molecule has 0 fully saturated rings. The molecular weight excluding hydrogens is 381 g/mol. The molecule has 0 bridgehead atoms. The number of hydrazine groups is 1. The standard InChI is InChI=1S/C13H10Cl3N5O3/c14-9-5-10(15)12(18-11(9)16)19-20-13(22)17-6-7-2-1-3-8(4-7)21(23)24/h1-5H,6H2,(H,18,19)(H2,17,20,22). The van der Waals surface area contributed by atoms with Gasteiger partial charge in [-0.15, -0.1) is 0 Å². The van der Waals surface area contributed by atoms with E-state index in [1.54, 1.807) is 6.07 Å². The number of carbonyl (C=O) groups excluding carboxylic acids is 1. The summed E-state index contributed by atoms with van der Waals surface area (Å²) in [6.07, 6.45) is 0. The maximum atomic E-state index is 11.7. The minimum absolute atomic E-state index is 0.0300. The molecule has 0 aliphatic carbocycles. The predicted molar refractivity (Wildman–Crippen MR) is 91.4 cm³/mol. The van der Waals surface area contributed by atoms with Crippen molar-refractivity contribution in [2.75, 3.05) is 5.43 Å². The van der Waals surface area contributed by atoms with Crippen LogP contribution in [0.1, 0.15) is 5.56 Å². The lowest BCUT2D eigenvalue weighted by Gasteiger charge is -2.11. The van der Waals surface area contributed by atoms with Crippen LogP contribution in [0.3, 0.4) is 0 Å². The number of hydrogen-bond acceptors (Lipinski definition) is 5. The van der Waals surface area contributed by atoms with Crippen molar-refractivity contribution >= 4 is 52.3 Å². The highest BCUT2D eigenvalue weighted by molar-refractivity contribution is 6.42. The number of rotatable bonds is 5. The van der Waals surface area contributed by atoms with Gasteiger partial charge in [-0.3, -0.25) is 21.0 Å². The Morgan fingerprint density at radius 2 is 1.96 bits per heavy atom. The molecule has 1 aromatic carbocycles. The number of amides is 2. The van der Waals surface area contributed by atoms with Gasteiger partial charge in [0.2, 0.25) is 0 Å². The fourth-order valence-corrected chi connectivity index (χ4v) is 2.20. The SMILES string of the molecule is O=C(NCc1cccc([N+](=O)[O-])c1)NNc1nc(Cl)c(Cl)cc1Cl. The zero-order valence-electron chi connectivity index (χ0n) is 11.8. The minimum Gasteiger partial charge on any atom is -0.333 e. The zero-order chi connectivity index (χ0) is 17.7. The second-order valence-electron chi connectivity index (χ2n) is 4.45. The van der Waals surface area contributed by atoms with Gasteiger partial charge in [0.25, 0.3) is 5.69 Å². The van der Waals surface area contributed by atoms with Crippen LogP contribution in [0, 0.1) is 10.1 Å². The number of halogens is 3. The molecule has 11 heteroatoms. The van der Waals surface area contributed by atoms with E-state index in [0.29, 0.717) is 5.56 Å². The van der Waals surface area contributed by atoms with Gasteiger partial charge in [0, 0.05) is 18.7 Å². The first-order valence-electron chi connectivity index (χ1n) is 6.41. The molecule has 1 aromatic heterocycles. The molecule has 24 heavy (non-hydrogen) atoms. The molecule has 8 nitrogen and oxygen atoms in total. The van der Waals surface area contributed by atoms with Crippen molar-refractivity contribution in [2.45, 2.75) is 6.54 Å². The Bertz CT molecular complexity index is 787. The average molecular weight is 391 g/mol. The van der Waals surface area contributed by atoms with Crippen molar-refractivity contribution in [1.29, 1.82) is 0 Å². The molecule has 0 saturated heterocycles. The number of hydrogen-bond donors (Lipinski definition) is 3. The van der Waals surface area contributed by atoms with Crippen LogP contribution in [0.25, 0.3) is 0 Å². The molecule has 3 N–H and O–H groups in total. The summed E-state index contributed by atoms with van der Waals surface area (Å²) in [5.74, 6) is 0.122. The molecular formula is C13H10Cl3N5O3. The van der Waals surface area contributed by atoms with Crippen LogP contribution in [-0.2, 0) is 6.54 Å². The predicted octanol–water partition coefficient (Wildman–Crippen LogP) is 3.78. The number of aromatic nitrogens is 1. The van der Waals surface area contributed by atoms with Crippen LogP contribution in [0.2, 0.25) is 15.2 Å². The average Bonchev–Trinajstić information content (AvgIpc) is 2.55. The molecule has 0 spiro atoms. The first kappa shape index (κ1) is 18.1. The third kappa shape index (κ3) is 4.85. The molecule has 1 heterocycles. The summed E-state index contributed by atoms with van der Waals surface area (Å²) in [7, 11) is 0. The number of pyridine rings is 1. The van der Waals surface area contributed by atoms with Gasteiger partial charge in [0.15, 0.2) is 5.82 Å². The van der Waals surface area contributed by atoms with Crippen molar-refractivity contribution in [3.05, 3.63) is 61.2 Å². The van der Waals surface area contributed by atoms with Crippen molar-refractivity contribution in [3.8, 4) is 0 Å².